The van der Waals surface area contributed by atoms with Gasteiger partial charge < -0.3 is 14.8 Å². The Kier molecular flexibility index (Phi) is 5.04. The Balaban J connectivity index is 2.47. The van der Waals surface area contributed by atoms with Crippen molar-refractivity contribution in [2.75, 3.05) is 21.3 Å². The third-order valence-corrected chi connectivity index (χ3v) is 3.63. The molecule has 21 heavy (non-hydrogen) atoms. The molecule has 0 saturated carbocycles. The summed E-state index contributed by atoms with van der Waals surface area (Å²) in [6.45, 7) is 1.96. The number of halogens is 1. The number of hydrogen-bond acceptors (Lipinski definition) is 4. The first-order valence-corrected chi connectivity index (χ1v) is 6.99. The number of hydrogen-bond donors (Lipinski definition) is 1. The van der Waals surface area contributed by atoms with Crippen molar-refractivity contribution in [1.82, 2.24) is 10.3 Å². The van der Waals surface area contributed by atoms with E-state index < -0.39 is 0 Å². The van der Waals surface area contributed by atoms with Gasteiger partial charge in [0.2, 0.25) is 0 Å². The quantitative estimate of drug-likeness (QED) is 0.920. The fraction of sp³-hybridized carbons (Fsp3) is 0.312. The van der Waals surface area contributed by atoms with Crippen molar-refractivity contribution < 1.29 is 9.47 Å². The summed E-state index contributed by atoms with van der Waals surface area (Å²) in [5.41, 5.74) is 3.04. The summed E-state index contributed by atoms with van der Waals surface area (Å²) >= 11 is 6.28. The van der Waals surface area contributed by atoms with E-state index in [-0.39, 0.29) is 6.04 Å². The monoisotopic (exact) mass is 306 g/mol. The number of ether oxygens (including phenoxy) is 2. The Labute approximate surface area is 130 Å². The van der Waals surface area contributed by atoms with Crippen molar-refractivity contribution >= 4 is 11.6 Å². The molecule has 0 radical (unpaired) electrons. The van der Waals surface area contributed by atoms with Gasteiger partial charge in [0.15, 0.2) is 11.5 Å². The normalized spacial score (nSPS) is 12.0. The molecule has 1 aromatic heterocycles. The predicted octanol–water partition coefficient (Wildman–Crippen LogP) is 3.37. The zero-order valence-corrected chi connectivity index (χ0v) is 13.4. The molecule has 1 atom stereocenters. The number of rotatable bonds is 5. The SMILES string of the molecule is CNC(c1ccc(C)nc1)c1cc(Cl)c(OC)c(OC)c1. The summed E-state index contributed by atoms with van der Waals surface area (Å²) in [6, 6.07) is 7.82. The average molecular weight is 307 g/mol. The molecule has 0 saturated heterocycles. The standard InChI is InChI=1S/C16H19ClN2O2/c1-10-5-6-11(9-19-10)15(18-2)12-7-13(17)16(21-4)14(8-12)20-3/h5-9,15,18H,1-4H3. The molecule has 0 fully saturated rings. The molecule has 0 spiro atoms. The van der Waals surface area contributed by atoms with Crippen molar-refractivity contribution in [3.63, 3.8) is 0 Å². The Morgan fingerprint density at radius 1 is 1.14 bits per heavy atom. The lowest BCUT2D eigenvalue weighted by Gasteiger charge is -2.19. The molecule has 2 rings (SSSR count). The first kappa shape index (κ1) is 15.6. The van der Waals surface area contributed by atoms with Gasteiger partial charge in [0, 0.05) is 11.9 Å². The fourth-order valence-corrected chi connectivity index (χ4v) is 2.58. The van der Waals surface area contributed by atoms with Gasteiger partial charge in [-0.2, -0.15) is 0 Å². The zero-order valence-electron chi connectivity index (χ0n) is 12.6. The third-order valence-electron chi connectivity index (χ3n) is 3.35. The van der Waals surface area contributed by atoms with Crippen LogP contribution in [0.1, 0.15) is 22.9 Å². The van der Waals surface area contributed by atoms with Crippen LogP contribution in [0, 0.1) is 6.92 Å². The lowest BCUT2D eigenvalue weighted by Crippen LogP contribution is -2.18. The number of aromatic nitrogens is 1. The van der Waals surface area contributed by atoms with E-state index in [9.17, 15) is 0 Å². The summed E-state index contributed by atoms with van der Waals surface area (Å²) in [5, 5.41) is 3.80. The van der Waals surface area contributed by atoms with E-state index >= 15 is 0 Å². The highest BCUT2D eigenvalue weighted by Gasteiger charge is 2.18. The number of pyridine rings is 1. The number of methoxy groups -OCH3 is 2. The Hall–Kier alpha value is -1.78. The van der Waals surface area contributed by atoms with E-state index in [0.29, 0.717) is 16.5 Å². The second-order valence-electron chi connectivity index (χ2n) is 4.69. The predicted molar refractivity (Wildman–Crippen MR) is 84.4 cm³/mol. The van der Waals surface area contributed by atoms with Gasteiger partial charge in [-0.1, -0.05) is 17.7 Å². The molecule has 0 bridgehead atoms. The van der Waals surface area contributed by atoms with E-state index in [1.54, 1.807) is 14.2 Å². The van der Waals surface area contributed by atoms with Gasteiger partial charge in [-0.25, -0.2) is 0 Å². The summed E-state index contributed by atoms with van der Waals surface area (Å²) in [7, 11) is 5.07. The van der Waals surface area contributed by atoms with Gasteiger partial charge in [0.25, 0.3) is 0 Å². The average Bonchev–Trinajstić information content (AvgIpc) is 2.49. The number of benzene rings is 1. The molecule has 5 heteroatoms. The summed E-state index contributed by atoms with van der Waals surface area (Å²) in [5.74, 6) is 1.15. The second kappa shape index (κ2) is 6.78. The van der Waals surface area contributed by atoms with E-state index in [2.05, 4.69) is 10.3 Å². The lowest BCUT2D eigenvalue weighted by atomic mass is 9.99. The maximum atomic E-state index is 6.28. The molecule has 112 valence electrons. The Bertz CT molecular complexity index is 614. The minimum absolute atomic E-state index is 0.0181. The highest BCUT2D eigenvalue weighted by Crippen LogP contribution is 2.38. The molecule has 1 heterocycles. The van der Waals surface area contributed by atoms with Crippen LogP contribution in [-0.4, -0.2) is 26.3 Å². The van der Waals surface area contributed by atoms with Gasteiger partial charge in [-0.3, -0.25) is 4.98 Å². The molecule has 1 unspecified atom stereocenters. The van der Waals surface area contributed by atoms with Crippen LogP contribution in [0.4, 0.5) is 0 Å². The maximum absolute atomic E-state index is 6.28. The van der Waals surface area contributed by atoms with Crippen molar-refractivity contribution in [2.24, 2.45) is 0 Å². The smallest absolute Gasteiger partial charge is 0.179 e. The van der Waals surface area contributed by atoms with Crippen LogP contribution >= 0.6 is 11.6 Å². The van der Waals surface area contributed by atoms with Gasteiger partial charge in [-0.15, -0.1) is 0 Å². The van der Waals surface area contributed by atoms with E-state index in [1.165, 1.54) is 0 Å². The van der Waals surface area contributed by atoms with Gasteiger partial charge >= 0.3 is 0 Å². The molecular formula is C16H19ClN2O2. The van der Waals surface area contributed by atoms with Gasteiger partial charge in [0.1, 0.15) is 0 Å². The molecular weight excluding hydrogens is 288 g/mol. The van der Waals surface area contributed by atoms with E-state index in [1.807, 2.05) is 44.4 Å². The third kappa shape index (κ3) is 3.28. The highest BCUT2D eigenvalue weighted by atomic mass is 35.5. The molecule has 0 aliphatic carbocycles. The van der Waals surface area contributed by atoms with Crippen LogP contribution in [-0.2, 0) is 0 Å². The summed E-state index contributed by atoms with van der Waals surface area (Å²) in [6.07, 6.45) is 1.86. The van der Waals surface area contributed by atoms with Crippen molar-refractivity contribution in [3.05, 3.63) is 52.3 Å². The number of nitrogens with one attached hydrogen (secondary N) is 1. The molecule has 4 nitrogen and oxygen atoms in total. The fourth-order valence-electron chi connectivity index (χ4n) is 2.28. The van der Waals surface area contributed by atoms with E-state index in [4.69, 9.17) is 21.1 Å². The Morgan fingerprint density at radius 3 is 2.43 bits per heavy atom. The lowest BCUT2D eigenvalue weighted by molar-refractivity contribution is 0.354. The first-order chi connectivity index (χ1) is 10.1. The summed E-state index contributed by atoms with van der Waals surface area (Å²) < 4.78 is 10.6. The van der Waals surface area contributed by atoms with Crippen molar-refractivity contribution in [2.45, 2.75) is 13.0 Å². The maximum Gasteiger partial charge on any atom is 0.179 e. The largest absolute Gasteiger partial charge is 0.493 e. The van der Waals surface area contributed by atoms with Crippen LogP contribution in [0.5, 0.6) is 11.5 Å². The topological polar surface area (TPSA) is 43.4 Å². The second-order valence-corrected chi connectivity index (χ2v) is 5.10. The Morgan fingerprint density at radius 2 is 1.90 bits per heavy atom. The van der Waals surface area contributed by atoms with Crippen LogP contribution in [0.15, 0.2) is 30.5 Å². The molecule has 2 aromatic rings. The van der Waals surface area contributed by atoms with Crippen molar-refractivity contribution in [1.29, 1.82) is 0 Å². The number of aryl methyl sites for hydroxylation is 1. The van der Waals surface area contributed by atoms with Crippen molar-refractivity contribution in [3.8, 4) is 11.5 Å². The van der Waals surface area contributed by atoms with Crippen LogP contribution in [0.25, 0.3) is 0 Å². The molecule has 0 aliphatic rings. The minimum Gasteiger partial charge on any atom is -0.493 e. The molecule has 1 aromatic carbocycles. The summed E-state index contributed by atoms with van der Waals surface area (Å²) in [4.78, 5) is 4.34. The van der Waals surface area contributed by atoms with Crippen LogP contribution in [0.2, 0.25) is 5.02 Å². The number of nitrogens with zero attached hydrogens (tertiary/aromatic N) is 1. The van der Waals surface area contributed by atoms with Crippen LogP contribution in [0.3, 0.4) is 0 Å². The van der Waals surface area contributed by atoms with Gasteiger partial charge in [-0.05, 0) is 43.3 Å². The molecule has 1 N–H and O–H groups in total. The zero-order chi connectivity index (χ0) is 15.4. The first-order valence-electron chi connectivity index (χ1n) is 6.62. The van der Waals surface area contributed by atoms with Crippen LogP contribution < -0.4 is 14.8 Å². The highest BCUT2D eigenvalue weighted by molar-refractivity contribution is 6.32. The minimum atomic E-state index is -0.0181. The molecule has 0 aliphatic heterocycles. The van der Waals surface area contributed by atoms with E-state index in [0.717, 1.165) is 16.8 Å². The molecule has 0 amide bonds. The van der Waals surface area contributed by atoms with Gasteiger partial charge in [0.05, 0.1) is 25.3 Å².